The van der Waals surface area contributed by atoms with Crippen molar-refractivity contribution in [2.75, 3.05) is 13.2 Å². The van der Waals surface area contributed by atoms with Gasteiger partial charge in [-0.25, -0.2) is 0 Å². The zero-order valence-electron chi connectivity index (χ0n) is 22.7. The lowest BCUT2D eigenvalue weighted by Crippen LogP contribution is -2.45. The molecule has 0 bridgehead atoms. The lowest BCUT2D eigenvalue weighted by molar-refractivity contribution is -0.274. The number of alkyl halides is 6. The van der Waals surface area contributed by atoms with E-state index >= 15 is 0 Å². The van der Waals surface area contributed by atoms with E-state index in [0.29, 0.717) is 17.4 Å². The SMILES string of the molecule is CCCCCc1ccc(-c2cc3ccc(OCC(C)(COC(=O)C(C)C)C(F)(F)F)cc3o2)c(OC(F)(F)F)c1. The topological polar surface area (TPSA) is 57.9 Å². The number of halogens is 6. The molecule has 0 N–H and O–H groups in total. The molecule has 1 unspecified atom stereocenters. The van der Waals surface area contributed by atoms with E-state index in [2.05, 4.69) is 4.74 Å². The molecule has 0 saturated carbocycles. The Labute approximate surface area is 228 Å². The zero-order valence-corrected chi connectivity index (χ0v) is 22.7. The van der Waals surface area contributed by atoms with Crippen LogP contribution in [0.3, 0.4) is 0 Å². The molecule has 0 fully saturated rings. The van der Waals surface area contributed by atoms with E-state index in [-0.39, 0.29) is 22.7 Å². The summed E-state index contributed by atoms with van der Waals surface area (Å²) in [5.74, 6) is -1.63. The standard InChI is InChI=1S/C29H32F6O5/c1-5-6-7-8-19-9-12-22(25(13-19)40-29(33,34)35)24-14-20-10-11-21(15-23(20)39-24)37-16-27(4,28(30,31)32)17-38-26(36)18(2)3/h9-15,18H,5-8,16-17H2,1-4H3. The van der Waals surface area contributed by atoms with Gasteiger partial charge in [0.05, 0.1) is 11.5 Å². The van der Waals surface area contributed by atoms with Crippen LogP contribution in [0.25, 0.3) is 22.3 Å². The maximum Gasteiger partial charge on any atom is 0.573 e. The average Bonchev–Trinajstić information content (AvgIpc) is 3.27. The van der Waals surface area contributed by atoms with Crippen LogP contribution in [0.1, 0.15) is 52.5 Å². The summed E-state index contributed by atoms with van der Waals surface area (Å²) in [4.78, 5) is 11.7. The number of esters is 1. The van der Waals surface area contributed by atoms with Crippen molar-refractivity contribution in [2.45, 2.75) is 65.9 Å². The van der Waals surface area contributed by atoms with Crippen LogP contribution in [-0.4, -0.2) is 31.7 Å². The third-order valence-corrected chi connectivity index (χ3v) is 6.34. The summed E-state index contributed by atoms with van der Waals surface area (Å²) in [6.45, 7) is 4.17. The molecule has 0 spiro atoms. The lowest BCUT2D eigenvalue weighted by atomic mass is 9.92. The second-order valence-electron chi connectivity index (χ2n) is 10.3. The van der Waals surface area contributed by atoms with Crippen LogP contribution in [0.15, 0.2) is 46.9 Å². The summed E-state index contributed by atoms with van der Waals surface area (Å²) in [5.41, 5.74) is -1.52. The van der Waals surface area contributed by atoms with Gasteiger partial charge in [0.25, 0.3) is 0 Å². The molecule has 0 aliphatic heterocycles. The van der Waals surface area contributed by atoms with E-state index in [0.717, 1.165) is 26.2 Å². The predicted octanol–water partition coefficient (Wildman–Crippen LogP) is 8.88. The van der Waals surface area contributed by atoms with Gasteiger partial charge in [0.1, 0.15) is 41.5 Å². The van der Waals surface area contributed by atoms with Crippen molar-refractivity contribution < 1.29 is 49.8 Å². The van der Waals surface area contributed by atoms with Gasteiger partial charge in [-0.2, -0.15) is 13.2 Å². The third-order valence-electron chi connectivity index (χ3n) is 6.34. The molecule has 1 heterocycles. The number of unbranched alkanes of at least 4 members (excludes halogenated alkanes) is 2. The maximum absolute atomic E-state index is 13.8. The van der Waals surface area contributed by atoms with E-state index in [1.807, 2.05) is 6.92 Å². The molecule has 1 atom stereocenters. The molecule has 1 aromatic heterocycles. The minimum absolute atomic E-state index is 0.0390. The molecule has 0 radical (unpaired) electrons. The van der Waals surface area contributed by atoms with Gasteiger partial charge in [0.15, 0.2) is 0 Å². The van der Waals surface area contributed by atoms with Gasteiger partial charge in [-0.05, 0) is 55.7 Å². The quantitative estimate of drug-likeness (QED) is 0.123. The van der Waals surface area contributed by atoms with Gasteiger partial charge in [0.2, 0.25) is 0 Å². The highest BCUT2D eigenvalue weighted by Crippen LogP contribution is 2.41. The predicted molar refractivity (Wildman–Crippen MR) is 137 cm³/mol. The second-order valence-corrected chi connectivity index (χ2v) is 10.3. The molecular weight excluding hydrogens is 542 g/mol. The number of rotatable bonds is 12. The summed E-state index contributed by atoms with van der Waals surface area (Å²) < 4.78 is 101. The molecule has 3 rings (SSSR count). The van der Waals surface area contributed by atoms with Crippen molar-refractivity contribution >= 4 is 16.9 Å². The maximum atomic E-state index is 13.8. The molecular formula is C29H32F6O5. The lowest BCUT2D eigenvalue weighted by Gasteiger charge is -2.31. The molecule has 220 valence electrons. The molecule has 0 aliphatic rings. The Hall–Kier alpha value is -3.37. The summed E-state index contributed by atoms with van der Waals surface area (Å²) in [6.07, 6.45) is -6.33. The average molecular weight is 575 g/mol. The van der Waals surface area contributed by atoms with Crippen molar-refractivity contribution in [2.24, 2.45) is 11.3 Å². The Balaban J connectivity index is 1.85. The van der Waals surface area contributed by atoms with Gasteiger partial charge in [-0.15, -0.1) is 13.2 Å². The first-order valence-corrected chi connectivity index (χ1v) is 12.9. The number of benzene rings is 2. The largest absolute Gasteiger partial charge is 0.573 e. The summed E-state index contributed by atoms with van der Waals surface area (Å²) in [5, 5.41) is 0.497. The van der Waals surface area contributed by atoms with E-state index in [4.69, 9.17) is 13.9 Å². The van der Waals surface area contributed by atoms with Crippen molar-refractivity contribution in [3.05, 3.63) is 48.0 Å². The second kappa shape index (κ2) is 12.4. The molecule has 40 heavy (non-hydrogen) atoms. The minimum Gasteiger partial charge on any atom is -0.492 e. The highest BCUT2D eigenvalue weighted by atomic mass is 19.4. The summed E-state index contributed by atoms with van der Waals surface area (Å²) >= 11 is 0. The summed E-state index contributed by atoms with van der Waals surface area (Å²) in [7, 11) is 0. The van der Waals surface area contributed by atoms with Crippen molar-refractivity contribution in [3.63, 3.8) is 0 Å². The van der Waals surface area contributed by atoms with Crippen LogP contribution in [0, 0.1) is 11.3 Å². The fraction of sp³-hybridized carbons (Fsp3) is 0.483. The molecule has 11 heteroatoms. The van der Waals surface area contributed by atoms with E-state index < -0.39 is 48.8 Å². The van der Waals surface area contributed by atoms with Crippen molar-refractivity contribution in [3.8, 4) is 22.8 Å². The normalized spacial score (nSPS) is 13.9. The van der Waals surface area contributed by atoms with E-state index in [1.165, 1.54) is 50.2 Å². The Morgan fingerprint density at radius 1 is 0.950 bits per heavy atom. The van der Waals surface area contributed by atoms with Gasteiger partial charge in [-0.3, -0.25) is 4.79 Å². The number of carbonyl (C=O) groups excluding carboxylic acids is 1. The summed E-state index contributed by atoms with van der Waals surface area (Å²) in [6, 6.07) is 10.3. The third kappa shape index (κ3) is 8.08. The smallest absolute Gasteiger partial charge is 0.492 e. The Bertz CT molecular complexity index is 1290. The first-order chi connectivity index (χ1) is 18.6. The number of fused-ring (bicyclic) bond motifs is 1. The number of ether oxygens (including phenoxy) is 3. The number of hydrogen-bond donors (Lipinski definition) is 0. The van der Waals surface area contributed by atoms with Crippen LogP contribution in [-0.2, 0) is 16.0 Å². The monoisotopic (exact) mass is 574 g/mol. The first kappa shape index (κ1) is 31.2. The van der Waals surface area contributed by atoms with Crippen LogP contribution in [0.4, 0.5) is 26.3 Å². The molecule has 0 saturated heterocycles. The van der Waals surface area contributed by atoms with E-state index in [1.54, 1.807) is 6.07 Å². The van der Waals surface area contributed by atoms with Crippen molar-refractivity contribution in [1.82, 2.24) is 0 Å². The van der Waals surface area contributed by atoms with Crippen LogP contribution < -0.4 is 9.47 Å². The Kier molecular flexibility index (Phi) is 9.68. The van der Waals surface area contributed by atoms with Crippen molar-refractivity contribution in [1.29, 1.82) is 0 Å². The number of hydrogen-bond acceptors (Lipinski definition) is 5. The van der Waals surface area contributed by atoms with Gasteiger partial charge < -0.3 is 18.6 Å². The highest BCUT2D eigenvalue weighted by Gasteiger charge is 2.53. The molecule has 0 amide bonds. The molecule has 5 nitrogen and oxygen atoms in total. The van der Waals surface area contributed by atoms with Gasteiger partial charge in [-0.1, -0.05) is 39.7 Å². The Morgan fingerprint density at radius 3 is 2.30 bits per heavy atom. The van der Waals surface area contributed by atoms with Crippen LogP contribution in [0.2, 0.25) is 0 Å². The van der Waals surface area contributed by atoms with Gasteiger partial charge >= 0.3 is 18.5 Å². The fourth-order valence-corrected chi connectivity index (χ4v) is 3.79. The van der Waals surface area contributed by atoms with Gasteiger partial charge in [0, 0.05) is 11.5 Å². The first-order valence-electron chi connectivity index (χ1n) is 12.9. The van der Waals surface area contributed by atoms with E-state index in [9.17, 15) is 31.1 Å². The molecule has 0 aliphatic carbocycles. The number of carbonyl (C=O) groups is 1. The number of aryl methyl sites for hydroxylation is 1. The Morgan fingerprint density at radius 2 is 1.68 bits per heavy atom. The minimum atomic E-state index is -4.92. The van der Waals surface area contributed by atoms with Crippen LogP contribution in [0.5, 0.6) is 11.5 Å². The molecule has 2 aromatic carbocycles. The molecule has 3 aromatic rings. The highest BCUT2D eigenvalue weighted by molar-refractivity contribution is 5.85. The zero-order chi connectivity index (χ0) is 29.7. The fourth-order valence-electron chi connectivity index (χ4n) is 3.79. The number of furan rings is 1. The van der Waals surface area contributed by atoms with Crippen LogP contribution >= 0.6 is 0 Å².